The van der Waals surface area contributed by atoms with E-state index in [-0.39, 0.29) is 16.5 Å². The molecule has 0 amide bonds. The van der Waals surface area contributed by atoms with Crippen LogP contribution in [0.15, 0.2) is 27.8 Å². The summed E-state index contributed by atoms with van der Waals surface area (Å²) >= 11 is 0. The first-order valence-corrected chi connectivity index (χ1v) is 4.08. The largest absolute Gasteiger partial charge is 0.478 e. The lowest BCUT2D eigenvalue weighted by Crippen LogP contribution is -2.23. The summed E-state index contributed by atoms with van der Waals surface area (Å²) in [7, 11) is 0. The van der Waals surface area contributed by atoms with E-state index in [1.165, 1.54) is 18.2 Å². The van der Waals surface area contributed by atoms with E-state index in [9.17, 15) is 14.4 Å². The number of carboxylic acid groups (broad SMARTS) is 1. The van der Waals surface area contributed by atoms with E-state index in [0.717, 1.165) is 0 Å². The van der Waals surface area contributed by atoms with E-state index < -0.39 is 17.2 Å². The first-order valence-electron chi connectivity index (χ1n) is 4.08. The fourth-order valence-electron chi connectivity index (χ4n) is 1.40. The molecule has 15 heavy (non-hydrogen) atoms. The van der Waals surface area contributed by atoms with Crippen LogP contribution in [0.4, 0.5) is 0 Å². The Labute approximate surface area is 82.2 Å². The van der Waals surface area contributed by atoms with Gasteiger partial charge in [-0.15, -0.1) is 0 Å². The molecule has 0 aliphatic carbocycles. The van der Waals surface area contributed by atoms with Crippen LogP contribution in [-0.4, -0.2) is 21.0 Å². The van der Waals surface area contributed by atoms with E-state index in [0.29, 0.717) is 0 Å². The number of aromatic nitrogens is 2. The minimum Gasteiger partial charge on any atom is -0.478 e. The number of fused-ring (bicyclic) bond motifs is 1. The molecule has 0 fully saturated rings. The van der Waals surface area contributed by atoms with Crippen LogP contribution in [0, 0.1) is 0 Å². The molecule has 0 aliphatic rings. The van der Waals surface area contributed by atoms with Crippen molar-refractivity contribution in [1.82, 2.24) is 9.97 Å². The Bertz CT molecular complexity index is 653. The SMILES string of the molecule is O=C(O)c1cccc2[nH]c(=O)[nH]c(=O)c12. The highest BCUT2D eigenvalue weighted by atomic mass is 16.4. The number of carbonyl (C=O) groups is 1. The molecule has 6 heteroatoms. The average molecular weight is 206 g/mol. The first-order chi connectivity index (χ1) is 7.09. The molecular formula is C9H6N2O4. The molecule has 0 bridgehead atoms. The Morgan fingerprint density at radius 1 is 1.20 bits per heavy atom. The quantitative estimate of drug-likeness (QED) is 0.606. The molecule has 2 aromatic rings. The van der Waals surface area contributed by atoms with Gasteiger partial charge in [0.2, 0.25) is 0 Å². The normalized spacial score (nSPS) is 10.4. The van der Waals surface area contributed by atoms with Crippen molar-refractivity contribution in [2.75, 3.05) is 0 Å². The second-order valence-electron chi connectivity index (χ2n) is 2.94. The third-order valence-corrected chi connectivity index (χ3v) is 2.00. The molecule has 2 rings (SSSR count). The van der Waals surface area contributed by atoms with Crippen molar-refractivity contribution >= 4 is 16.9 Å². The third kappa shape index (κ3) is 1.41. The molecule has 1 aromatic carbocycles. The molecule has 0 saturated heterocycles. The predicted octanol–water partition coefficient (Wildman–Crippen LogP) is -0.0854. The fraction of sp³-hybridized carbons (Fsp3) is 0. The number of H-pyrrole nitrogens is 2. The van der Waals surface area contributed by atoms with Gasteiger partial charge in [0.25, 0.3) is 5.56 Å². The van der Waals surface area contributed by atoms with E-state index >= 15 is 0 Å². The van der Waals surface area contributed by atoms with Gasteiger partial charge in [0, 0.05) is 0 Å². The topological polar surface area (TPSA) is 103 Å². The fourth-order valence-corrected chi connectivity index (χ4v) is 1.40. The molecule has 0 spiro atoms. The van der Waals surface area contributed by atoms with Crippen molar-refractivity contribution in [2.24, 2.45) is 0 Å². The maximum absolute atomic E-state index is 11.4. The zero-order chi connectivity index (χ0) is 11.0. The molecule has 76 valence electrons. The van der Waals surface area contributed by atoms with E-state index in [1.54, 1.807) is 0 Å². The molecule has 6 nitrogen and oxygen atoms in total. The highest BCUT2D eigenvalue weighted by Crippen LogP contribution is 2.10. The van der Waals surface area contributed by atoms with Crippen molar-refractivity contribution in [1.29, 1.82) is 0 Å². The number of benzene rings is 1. The van der Waals surface area contributed by atoms with Gasteiger partial charge in [-0.05, 0) is 12.1 Å². The third-order valence-electron chi connectivity index (χ3n) is 2.00. The lowest BCUT2D eigenvalue weighted by atomic mass is 10.1. The second kappa shape index (κ2) is 3.09. The van der Waals surface area contributed by atoms with Gasteiger partial charge < -0.3 is 10.1 Å². The molecule has 0 aliphatic heterocycles. The lowest BCUT2D eigenvalue weighted by Gasteiger charge is -1.99. The van der Waals surface area contributed by atoms with Crippen LogP contribution in [-0.2, 0) is 0 Å². The number of nitrogens with one attached hydrogen (secondary N) is 2. The van der Waals surface area contributed by atoms with Gasteiger partial charge in [0.1, 0.15) is 0 Å². The summed E-state index contributed by atoms with van der Waals surface area (Å²) in [6, 6.07) is 4.23. The summed E-state index contributed by atoms with van der Waals surface area (Å²) in [5, 5.41) is 8.81. The van der Waals surface area contributed by atoms with Gasteiger partial charge in [-0.2, -0.15) is 0 Å². The van der Waals surface area contributed by atoms with Crippen LogP contribution in [0.5, 0.6) is 0 Å². The monoisotopic (exact) mass is 206 g/mol. The zero-order valence-electron chi connectivity index (χ0n) is 7.40. The summed E-state index contributed by atoms with van der Waals surface area (Å²) in [4.78, 5) is 37.4. The standard InChI is InChI=1S/C9H6N2O4/c12-7-6-4(8(13)14)2-1-3-5(6)10-9(15)11-7/h1-3H,(H,13,14)(H2,10,11,12,15). The van der Waals surface area contributed by atoms with E-state index in [4.69, 9.17) is 5.11 Å². The Morgan fingerprint density at radius 2 is 1.93 bits per heavy atom. The molecule has 0 atom stereocenters. The lowest BCUT2D eigenvalue weighted by molar-refractivity contribution is 0.0699. The van der Waals surface area contributed by atoms with E-state index in [2.05, 4.69) is 4.98 Å². The summed E-state index contributed by atoms with van der Waals surface area (Å²) in [6.07, 6.45) is 0. The van der Waals surface area contributed by atoms with Crippen molar-refractivity contribution in [3.8, 4) is 0 Å². The van der Waals surface area contributed by atoms with E-state index in [1.807, 2.05) is 4.98 Å². The number of aromatic amines is 2. The molecule has 0 saturated carbocycles. The molecule has 0 radical (unpaired) electrons. The van der Waals surface area contributed by atoms with Crippen molar-refractivity contribution in [2.45, 2.75) is 0 Å². The predicted molar refractivity (Wildman–Crippen MR) is 52.1 cm³/mol. The number of hydrogen-bond acceptors (Lipinski definition) is 3. The van der Waals surface area contributed by atoms with Crippen molar-refractivity contribution < 1.29 is 9.90 Å². The Hall–Kier alpha value is -2.37. The molecule has 1 heterocycles. The second-order valence-corrected chi connectivity index (χ2v) is 2.94. The average Bonchev–Trinajstić information content (AvgIpc) is 2.16. The van der Waals surface area contributed by atoms with Gasteiger partial charge in [-0.3, -0.25) is 9.78 Å². The number of hydrogen-bond donors (Lipinski definition) is 3. The number of aromatic carboxylic acids is 1. The Kier molecular flexibility index (Phi) is 1.89. The highest BCUT2D eigenvalue weighted by molar-refractivity contribution is 6.01. The van der Waals surface area contributed by atoms with Crippen LogP contribution in [0.3, 0.4) is 0 Å². The minimum atomic E-state index is -1.21. The Balaban J connectivity index is 3.05. The zero-order valence-corrected chi connectivity index (χ0v) is 7.40. The maximum atomic E-state index is 11.4. The van der Waals surface area contributed by atoms with Crippen LogP contribution in [0.1, 0.15) is 10.4 Å². The first kappa shape index (κ1) is 9.20. The van der Waals surface area contributed by atoms with Gasteiger partial charge in [-0.25, -0.2) is 9.59 Å². The van der Waals surface area contributed by atoms with Gasteiger partial charge in [0.05, 0.1) is 16.5 Å². The number of rotatable bonds is 1. The van der Waals surface area contributed by atoms with Gasteiger partial charge >= 0.3 is 11.7 Å². The van der Waals surface area contributed by atoms with Crippen LogP contribution >= 0.6 is 0 Å². The van der Waals surface area contributed by atoms with Crippen LogP contribution < -0.4 is 11.2 Å². The van der Waals surface area contributed by atoms with Gasteiger partial charge in [0.15, 0.2) is 0 Å². The summed E-state index contributed by atoms with van der Waals surface area (Å²) < 4.78 is 0. The molecule has 1 aromatic heterocycles. The van der Waals surface area contributed by atoms with Crippen molar-refractivity contribution in [3.05, 3.63) is 44.6 Å². The molecule has 3 N–H and O–H groups in total. The minimum absolute atomic E-state index is 0.0235. The van der Waals surface area contributed by atoms with Crippen LogP contribution in [0.25, 0.3) is 10.9 Å². The molecular weight excluding hydrogens is 200 g/mol. The smallest absolute Gasteiger partial charge is 0.336 e. The maximum Gasteiger partial charge on any atom is 0.336 e. The summed E-state index contributed by atoms with van der Waals surface area (Å²) in [6.45, 7) is 0. The number of carboxylic acids is 1. The Morgan fingerprint density at radius 3 is 2.60 bits per heavy atom. The summed E-state index contributed by atoms with van der Waals surface area (Å²) in [5.74, 6) is -1.21. The highest BCUT2D eigenvalue weighted by Gasteiger charge is 2.11. The van der Waals surface area contributed by atoms with Crippen LogP contribution in [0.2, 0.25) is 0 Å². The van der Waals surface area contributed by atoms with Gasteiger partial charge in [-0.1, -0.05) is 6.07 Å². The van der Waals surface area contributed by atoms with Crippen molar-refractivity contribution in [3.63, 3.8) is 0 Å². The summed E-state index contributed by atoms with van der Waals surface area (Å²) in [5.41, 5.74) is -1.28. The molecule has 0 unspecified atom stereocenters.